The van der Waals surface area contributed by atoms with Gasteiger partial charge in [-0.15, -0.1) is 0 Å². The van der Waals surface area contributed by atoms with E-state index >= 15 is 0 Å². The summed E-state index contributed by atoms with van der Waals surface area (Å²) in [5, 5.41) is 18.2. The van der Waals surface area contributed by atoms with E-state index in [1.165, 1.54) is 0 Å². The summed E-state index contributed by atoms with van der Waals surface area (Å²) >= 11 is 6.05. The molecule has 1 unspecified atom stereocenters. The summed E-state index contributed by atoms with van der Waals surface area (Å²) in [5.74, 6) is 0.417. The molecule has 2 N–H and O–H groups in total. The number of H-pyrrole nitrogens is 1. The predicted molar refractivity (Wildman–Crippen MR) is 116 cm³/mol. The molecule has 0 aliphatic carbocycles. The number of aromatic amines is 1. The Balaban J connectivity index is 1.85. The number of hydrogen-bond acceptors (Lipinski definition) is 4. The summed E-state index contributed by atoms with van der Waals surface area (Å²) in [4.78, 5) is 15.1. The fourth-order valence-corrected chi connectivity index (χ4v) is 4.03. The first-order chi connectivity index (χ1) is 14.5. The molecule has 156 valence electrons. The fourth-order valence-electron chi connectivity index (χ4n) is 3.90. The van der Waals surface area contributed by atoms with Crippen LogP contribution in [-0.4, -0.2) is 39.3 Å². The molecule has 2 aromatic carbocycles. The quantitative estimate of drug-likeness (QED) is 0.546. The first kappa shape index (κ1) is 20.3. The molecule has 1 aliphatic rings. The monoisotopic (exact) mass is 425 g/mol. The number of phenols is 1. The lowest BCUT2D eigenvalue weighted by Crippen LogP contribution is -2.30. The van der Waals surface area contributed by atoms with Gasteiger partial charge in [-0.1, -0.05) is 43.1 Å². The van der Waals surface area contributed by atoms with Gasteiger partial charge in [-0.2, -0.15) is 5.10 Å². The van der Waals surface area contributed by atoms with Crippen LogP contribution in [0.5, 0.6) is 11.5 Å². The van der Waals surface area contributed by atoms with Gasteiger partial charge in [-0.05, 0) is 43.2 Å². The lowest BCUT2D eigenvalue weighted by atomic mass is 9.95. The van der Waals surface area contributed by atoms with Crippen molar-refractivity contribution in [3.8, 4) is 22.8 Å². The van der Waals surface area contributed by atoms with Gasteiger partial charge < -0.3 is 14.7 Å². The smallest absolute Gasteiger partial charge is 0.273 e. The number of aromatic nitrogens is 2. The van der Waals surface area contributed by atoms with Crippen LogP contribution in [-0.2, 0) is 0 Å². The summed E-state index contributed by atoms with van der Waals surface area (Å²) in [7, 11) is 0. The van der Waals surface area contributed by atoms with Gasteiger partial charge >= 0.3 is 0 Å². The maximum absolute atomic E-state index is 13.2. The normalized spacial score (nSPS) is 15.5. The van der Waals surface area contributed by atoms with Crippen LogP contribution in [0.2, 0.25) is 5.02 Å². The van der Waals surface area contributed by atoms with Crippen LogP contribution in [0.25, 0.3) is 11.3 Å². The molecule has 7 heteroatoms. The number of ether oxygens (including phenoxy) is 1. The lowest BCUT2D eigenvalue weighted by molar-refractivity contribution is 0.0741. The molecule has 0 saturated heterocycles. The van der Waals surface area contributed by atoms with E-state index in [9.17, 15) is 9.90 Å². The van der Waals surface area contributed by atoms with Gasteiger partial charge in [-0.3, -0.25) is 9.89 Å². The van der Waals surface area contributed by atoms with Gasteiger partial charge in [0, 0.05) is 22.7 Å². The molecule has 0 radical (unpaired) electrons. The van der Waals surface area contributed by atoms with Crippen LogP contribution >= 0.6 is 11.6 Å². The molecule has 1 aromatic heterocycles. The second-order valence-electron chi connectivity index (χ2n) is 7.28. The van der Waals surface area contributed by atoms with Crippen molar-refractivity contribution in [2.45, 2.75) is 32.7 Å². The van der Waals surface area contributed by atoms with Crippen molar-refractivity contribution in [3.63, 3.8) is 0 Å². The van der Waals surface area contributed by atoms with E-state index in [-0.39, 0.29) is 17.7 Å². The number of rotatable bonds is 7. The van der Waals surface area contributed by atoms with Crippen LogP contribution < -0.4 is 4.74 Å². The summed E-state index contributed by atoms with van der Waals surface area (Å²) in [6.45, 7) is 5.04. The van der Waals surface area contributed by atoms with Crippen LogP contribution in [0.3, 0.4) is 0 Å². The number of aromatic hydroxyl groups is 1. The van der Waals surface area contributed by atoms with Crippen molar-refractivity contribution < 1.29 is 14.6 Å². The maximum atomic E-state index is 13.2. The number of nitrogens with one attached hydrogen (secondary N) is 1. The number of benzene rings is 2. The Morgan fingerprint density at radius 1 is 1.20 bits per heavy atom. The Labute approximate surface area is 180 Å². The van der Waals surface area contributed by atoms with Gasteiger partial charge in [0.05, 0.1) is 18.3 Å². The van der Waals surface area contributed by atoms with Crippen molar-refractivity contribution in [2.24, 2.45) is 0 Å². The second-order valence-corrected chi connectivity index (χ2v) is 7.72. The minimum atomic E-state index is -0.316. The molecule has 1 amide bonds. The Hall–Kier alpha value is -2.99. The Morgan fingerprint density at radius 3 is 2.67 bits per heavy atom. The van der Waals surface area contributed by atoms with E-state index < -0.39 is 0 Å². The average molecular weight is 426 g/mol. The van der Waals surface area contributed by atoms with E-state index in [0.717, 1.165) is 35.2 Å². The highest BCUT2D eigenvalue weighted by Crippen LogP contribution is 2.44. The molecular weight excluding hydrogens is 402 g/mol. The maximum Gasteiger partial charge on any atom is 0.273 e. The third-order valence-electron chi connectivity index (χ3n) is 5.33. The van der Waals surface area contributed by atoms with E-state index in [1.54, 1.807) is 6.07 Å². The summed E-state index contributed by atoms with van der Waals surface area (Å²) in [5.41, 5.74) is 3.83. The molecule has 0 bridgehead atoms. The summed E-state index contributed by atoms with van der Waals surface area (Å²) in [6, 6.07) is 12.4. The SMILES string of the molecule is CCCCN1C(=O)c2[nH]nc(-c3ccc(Cl)cc3)c2C1c1ccc(O)c(OCC)c1. The zero-order valence-electron chi connectivity index (χ0n) is 17.0. The number of nitrogens with zero attached hydrogens (tertiary/aromatic N) is 2. The largest absolute Gasteiger partial charge is 0.504 e. The van der Waals surface area contributed by atoms with E-state index in [2.05, 4.69) is 17.1 Å². The van der Waals surface area contributed by atoms with Crippen molar-refractivity contribution >= 4 is 17.5 Å². The number of fused-ring (bicyclic) bond motifs is 1. The van der Waals surface area contributed by atoms with Crippen molar-refractivity contribution in [3.05, 3.63) is 64.3 Å². The number of halogens is 1. The second kappa shape index (κ2) is 8.40. The zero-order chi connectivity index (χ0) is 21.3. The first-order valence-electron chi connectivity index (χ1n) is 10.2. The zero-order valence-corrected chi connectivity index (χ0v) is 17.7. The van der Waals surface area contributed by atoms with Crippen LogP contribution in [0.4, 0.5) is 0 Å². The molecule has 0 spiro atoms. The highest BCUT2D eigenvalue weighted by atomic mass is 35.5. The third kappa shape index (κ3) is 3.52. The van der Waals surface area contributed by atoms with Gasteiger partial charge in [-0.25, -0.2) is 0 Å². The molecule has 4 rings (SSSR count). The summed E-state index contributed by atoms with van der Waals surface area (Å²) in [6.07, 6.45) is 1.87. The third-order valence-corrected chi connectivity index (χ3v) is 5.59. The van der Waals surface area contributed by atoms with Crippen LogP contribution in [0.15, 0.2) is 42.5 Å². The molecule has 30 heavy (non-hydrogen) atoms. The fraction of sp³-hybridized carbons (Fsp3) is 0.304. The molecule has 3 aromatic rings. The minimum Gasteiger partial charge on any atom is -0.504 e. The Kier molecular flexibility index (Phi) is 5.68. The van der Waals surface area contributed by atoms with Gasteiger partial charge in [0.25, 0.3) is 5.91 Å². The average Bonchev–Trinajstić information content (AvgIpc) is 3.28. The highest BCUT2D eigenvalue weighted by Gasteiger charge is 2.42. The van der Waals surface area contributed by atoms with E-state index in [0.29, 0.717) is 29.6 Å². The van der Waals surface area contributed by atoms with E-state index in [1.807, 2.05) is 48.2 Å². The Bertz CT molecular complexity index is 1060. The molecule has 0 saturated carbocycles. The number of phenolic OH excluding ortho intramolecular Hbond substituents is 1. The van der Waals surface area contributed by atoms with Crippen LogP contribution in [0.1, 0.15) is 54.3 Å². The van der Waals surface area contributed by atoms with Crippen molar-refractivity contribution in [1.82, 2.24) is 15.1 Å². The van der Waals surface area contributed by atoms with Crippen molar-refractivity contribution in [1.29, 1.82) is 0 Å². The molecule has 6 nitrogen and oxygen atoms in total. The first-order valence-corrected chi connectivity index (χ1v) is 10.5. The molecular formula is C23H24ClN3O3. The number of carbonyl (C=O) groups excluding carboxylic acids is 1. The summed E-state index contributed by atoms with van der Waals surface area (Å²) < 4.78 is 5.59. The van der Waals surface area contributed by atoms with Gasteiger partial charge in [0.15, 0.2) is 11.5 Å². The van der Waals surface area contributed by atoms with Crippen LogP contribution in [0, 0.1) is 0 Å². The van der Waals surface area contributed by atoms with Gasteiger partial charge in [0.2, 0.25) is 0 Å². The molecule has 1 atom stereocenters. The van der Waals surface area contributed by atoms with Gasteiger partial charge in [0.1, 0.15) is 5.69 Å². The standard InChI is InChI=1S/C23H24ClN3O3/c1-3-5-12-27-22(15-8-11-17(28)18(13-15)30-4-2)19-20(25-26-21(19)23(27)29)14-6-9-16(24)10-7-14/h6-11,13,22,28H,3-5,12H2,1-2H3,(H,25,26). The number of hydrogen-bond donors (Lipinski definition) is 2. The lowest BCUT2D eigenvalue weighted by Gasteiger charge is -2.26. The number of amides is 1. The molecule has 0 fully saturated rings. The number of unbranched alkanes of at least 4 members (excludes halogenated alkanes) is 1. The van der Waals surface area contributed by atoms with Crippen molar-refractivity contribution in [2.75, 3.05) is 13.2 Å². The molecule has 2 heterocycles. The van der Waals surface area contributed by atoms with E-state index in [4.69, 9.17) is 16.3 Å². The minimum absolute atomic E-state index is 0.0674. The highest BCUT2D eigenvalue weighted by molar-refractivity contribution is 6.30. The molecule has 1 aliphatic heterocycles. The topological polar surface area (TPSA) is 78.5 Å². The Morgan fingerprint density at radius 2 is 1.97 bits per heavy atom. The predicted octanol–water partition coefficient (Wildman–Crippen LogP) is 5.18. The number of carbonyl (C=O) groups is 1.